The molecule has 5 heteroatoms. The van der Waals surface area contributed by atoms with Gasteiger partial charge in [0, 0.05) is 5.56 Å². The van der Waals surface area contributed by atoms with E-state index >= 15 is 0 Å². The zero-order valence-corrected chi connectivity index (χ0v) is 10.4. The van der Waals surface area contributed by atoms with E-state index in [0.717, 1.165) is 6.42 Å². The van der Waals surface area contributed by atoms with Gasteiger partial charge in [-0.2, -0.15) is 0 Å². The van der Waals surface area contributed by atoms with Crippen LogP contribution in [0, 0.1) is 0 Å². The average Bonchev–Trinajstić information content (AvgIpc) is 2.35. The lowest BCUT2D eigenvalue weighted by atomic mass is 10.2. The average molecular weight is 253 g/mol. The van der Waals surface area contributed by atoms with Crippen LogP contribution in [0.1, 0.15) is 23.7 Å². The molecule has 1 atom stereocenters. The number of nitrogens with one attached hydrogen (secondary N) is 1. The molecule has 0 heterocycles. The molecule has 0 bridgehead atoms. The van der Waals surface area contributed by atoms with Crippen molar-refractivity contribution in [2.75, 3.05) is 5.75 Å². The molecule has 1 amide bonds. The SMILES string of the molecule is CCCSC(NC(=O)c1ccccc1)C(=O)O. The van der Waals surface area contributed by atoms with Gasteiger partial charge in [0.1, 0.15) is 0 Å². The van der Waals surface area contributed by atoms with Gasteiger partial charge in [-0.25, -0.2) is 4.79 Å². The molecule has 17 heavy (non-hydrogen) atoms. The van der Waals surface area contributed by atoms with Crippen molar-refractivity contribution in [3.8, 4) is 0 Å². The van der Waals surface area contributed by atoms with Gasteiger partial charge >= 0.3 is 5.97 Å². The number of carbonyl (C=O) groups excluding carboxylic acids is 1. The highest BCUT2D eigenvalue weighted by atomic mass is 32.2. The molecule has 0 aliphatic carbocycles. The summed E-state index contributed by atoms with van der Waals surface area (Å²) in [6.07, 6.45) is 0.871. The molecule has 1 rings (SSSR count). The second kappa shape index (κ2) is 6.96. The third-order valence-electron chi connectivity index (χ3n) is 2.01. The Kier molecular flexibility index (Phi) is 5.56. The van der Waals surface area contributed by atoms with Crippen LogP contribution >= 0.6 is 11.8 Å². The standard InChI is InChI=1S/C12H15NO3S/c1-2-8-17-11(12(15)16)13-10(14)9-6-4-3-5-7-9/h3-7,11H,2,8H2,1H3,(H,13,14)(H,15,16). The first-order valence-electron chi connectivity index (χ1n) is 5.35. The largest absolute Gasteiger partial charge is 0.479 e. The number of rotatable bonds is 6. The van der Waals surface area contributed by atoms with Crippen LogP contribution in [0.25, 0.3) is 0 Å². The van der Waals surface area contributed by atoms with E-state index in [-0.39, 0.29) is 5.91 Å². The molecule has 0 aromatic heterocycles. The fraction of sp³-hybridized carbons (Fsp3) is 0.333. The van der Waals surface area contributed by atoms with Crippen LogP contribution in [-0.2, 0) is 4.79 Å². The highest BCUT2D eigenvalue weighted by molar-refractivity contribution is 8.00. The molecular weight excluding hydrogens is 238 g/mol. The zero-order chi connectivity index (χ0) is 12.7. The molecule has 0 fully saturated rings. The van der Waals surface area contributed by atoms with Crippen LogP contribution in [0.2, 0.25) is 0 Å². The molecule has 0 radical (unpaired) electrons. The normalized spacial score (nSPS) is 11.8. The van der Waals surface area contributed by atoms with Crippen molar-refractivity contribution in [1.82, 2.24) is 5.32 Å². The lowest BCUT2D eigenvalue weighted by Crippen LogP contribution is -2.38. The maximum atomic E-state index is 11.7. The van der Waals surface area contributed by atoms with Crippen LogP contribution in [0.3, 0.4) is 0 Å². The summed E-state index contributed by atoms with van der Waals surface area (Å²) in [6.45, 7) is 1.96. The number of carbonyl (C=O) groups is 2. The van der Waals surface area contributed by atoms with Gasteiger partial charge in [-0.15, -0.1) is 11.8 Å². The molecular formula is C12H15NO3S. The van der Waals surface area contributed by atoms with Gasteiger partial charge < -0.3 is 10.4 Å². The Morgan fingerprint density at radius 3 is 2.53 bits per heavy atom. The summed E-state index contributed by atoms with van der Waals surface area (Å²) in [5, 5.41) is 10.6. The fourth-order valence-electron chi connectivity index (χ4n) is 1.20. The predicted octanol–water partition coefficient (Wildman–Crippen LogP) is 1.97. The number of carboxylic acid groups (broad SMARTS) is 1. The van der Waals surface area contributed by atoms with E-state index in [2.05, 4.69) is 5.32 Å². The minimum atomic E-state index is -1.02. The number of aliphatic carboxylic acids is 1. The quantitative estimate of drug-likeness (QED) is 0.761. The van der Waals surface area contributed by atoms with Crippen molar-refractivity contribution in [1.29, 1.82) is 0 Å². The highest BCUT2D eigenvalue weighted by Gasteiger charge is 2.20. The lowest BCUT2D eigenvalue weighted by molar-refractivity contribution is -0.136. The first-order chi connectivity index (χ1) is 8.15. The van der Waals surface area contributed by atoms with Crippen LogP contribution in [0.5, 0.6) is 0 Å². The first kappa shape index (κ1) is 13.6. The van der Waals surface area contributed by atoms with Crippen LogP contribution in [0.4, 0.5) is 0 Å². The summed E-state index contributed by atoms with van der Waals surface area (Å²) < 4.78 is 0. The molecule has 1 unspecified atom stereocenters. The minimum Gasteiger partial charge on any atom is -0.479 e. The Bertz CT molecular complexity index is 381. The highest BCUT2D eigenvalue weighted by Crippen LogP contribution is 2.11. The summed E-state index contributed by atoms with van der Waals surface area (Å²) in [7, 11) is 0. The van der Waals surface area contributed by atoms with Crippen molar-refractivity contribution >= 4 is 23.6 Å². The summed E-state index contributed by atoms with van der Waals surface area (Å²) in [5.41, 5.74) is 0.468. The van der Waals surface area contributed by atoms with Crippen molar-refractivity contribution < 1.29 is 14.7 Å². The number of amides is 1. The first-order valence-corrected chi connectivity index (χ1v) is 6.40. The molecule has 0 spiro atoms. The van der Waals surface area contributed by atoms with Gasteiger partial charge in [0.05, 0.1) is 0 Å². The van der Waals surface area contributed by atoms with E-state index < -0.39 is 11.3 Å². The van der Waals surface area contributed by atoms with Gasteiger partial charge in [-0.3, -0.25) is 4.79 Å². The Morgan fingerprint density at radius 2 is 2.00 bits per heavy atom. The van der Waals surface area contributed by atoms with E-state index in [1.807, 2.05) is 6.92 Å². The van der Waals surface area contributed by atoms with Gasteiger partial charge in [-0.05, 0) is 24.3 Å². The Hall–Kier alpha value is -1.49. The van der Waals surface area contributed by atoms with E-state index in [1.165, 1.54) is 11.8 Å². The number of benzene rings is 1. The van der Waals surface area contributed by atoms with E-state index in [4.69, 9.17) is 5.11 Å². The summed E-state index contributed by atoms with van der Waals surface area (Å²) in [4.78, 5) is 22.7. The van der Waals surface area contributed by atoms with E-state index in [9.17, 15) is 9.59 Å². The number of hydrogen-bond donors (Lipinski definition) is 2. The molecule has 0 aliphatic heterocycles. The van der Waals surface area contributed by atoms with Gasteiger partial charge in [0.2, 0.25) is 0 Å². The second-order valence-corrected chi connectivity index (χ2v) is 4.64. The molecule has 0 saturated carbocycles. The molecule has 1 aromatic carbocycles. The smallest absolute Gasteiger partial charge is 0.336 e. The minimum absolute atomic E-state index is 0.360. The van der Waals surface area contributed by atoms with Crippen LogP contribution < -0.4 is 5.32 Å². The summed E-state index contributed by atoms with van der Waals surface area (Å²) in [6, 6.07) is 8.59. The Labute approximate surface area is 104 Å². The van der Waals surface area contributed by atoms with Crippen molar-refractivity contribution in [3.63, 3.8) is 0 Å². The van der Waals surface area contributed by atoms with E-state index in [0.29, 0.717) is 11.3 Å². The molecule has 0 saturated heterocycles. The lowest BCUT2D eigenvalue weighted by Gasteiger charge is -2.13. The van der Waals surface area contributed by atoms with Gasteiger partial charge in [-0.1, -0.05) is 25.1 Å². The van der Waals surface area contributed by atoms with Gasteiger partial charge in [0.15, 0.2) is 5.37 Å². The predicted molar refractivity (Wildman–Crippen MR) is 68.1 cm³/mol. The van der Waals surface area contributed by atoms with E-state index in [1.54, 1.807) is 30.3 Å². The maximum absolute atomic E-state index is 11.7. The fourth-order valence-corrected chi connectivity index (χ4v) is 2.01. The summed E-state index contributed by atoms with van der Waals surface area (Å²) >= 11 is 1.22. The molecule has 0 aliphatic rings. The molecule has 2 N–H and O–H groups in total. The third-order valence-corrected chi connectivity index (χ3v) is 3.31. The third kappa shape index (κ3) is 4.48. The Morgan fingerprint density at radius 1 is 1.35 bits per heavy atom. The number of carboxylic acids is 1. The number of hydrogen-bond acceptors (Lipinski definition) is 3. The number of thioether (sulfide) groups is 1. The van der Waals surface area contributed by atoms with Crippen molar-refractivity contribution in [3.05, 3.63) is 35.9 Å². The monoisotopic (exact) mass is 253 g/mol. The van der Waals surface area contributed by atoms with Crippen molar-refractivity contribution in [2.24, 2.45) is 0 Å². The molecule has 4 nitrogen and oxygen atoms in total. The summed E-state index contributed by atoms with van der Waals surface area (Å²) in [5.74, 6) is -0.680. The molecule has 1 aromatic rings. The van der Waals surface area contributed by atoms with Gasteiger partial charge in [0.25, 0.3) is 5.91 Å². The van der Waals surface area contributed by atoms with Crippen LogP contribution in [-0.4, -0.2) is 28.1 Å². The molecule has 92 valence electrons. The van der Waals surface area contributed by atoms with Crippen LogP contribution in [0.15, 0.2) is 30.3 Å². The maximum Gasteiger partial charge on any atom is 0.336 e. The topological polar surface area (TPSA) is 66.4 Å². The van der Waals surface area contributed by atoms with Crippen molar-refractivity contribution in [2.45, 2.75) is 18.7 Å². The Balaban J connectivity index is 2.61. The zero-order valence-electron chi connectivity index (χ0n) is 9.55. The second-order valence-electron chi connectivity index (χ2n) is 3.43.